The highest BCUT2D eigenvalue weighted by molar-refractivity contribution is 6.30. The Morgan fingerprint density at radius 1 is 1.14 bits per heavy atom. The van der Waals surface area contributed by atoms with Crippen molar-refractivity contribution < 1.29 is 9.53 Å². The second-order valence-corrected chi connectivity index (χ2v) is 5.14. The maximum Gasteiger partial charge on any atom is 0.341 e. The minimum Gasteiger partial charge on any atom is -0.465 e. The summed E-state index contributed by atoms with van der Waals surface area (Å²) in [7, 11) is 1.35. The highest BCUT2D eigenvalue weighted by atomic mass is 35.5. The minimum atomic E-state index is -0.435. The summed E-state index contributed by atoms with van der Waals surface area (Å²) in [6, 6.07) is 16.5. The number of ether oxygens (including phenoxy) is 1. The number of nitrogens with zero attached hydrogens (tertiary/aromatic N) is 1. The Hall–Kier alpha value is -2.59. The molecule has 0 radical (unpaired) electrons. The number of pyridine rings is 1. The van der Waals surface area contributed by atoms with Gasteiger partial charge in [0.25, 0.3) is 0 Å². The second-order valence-electron chi connectivity index (χ2n) is 4.70. The monoisotopic (exact) mass is 312 g/mol. The standard InChI is InChI=1S/C17H13ClN2O2/c1-22-17(21)14-10-11-4-2-3-5-15(11)20-16(14)19-13-8-6-12(18)7-9-13/h2-10H,1H3,(H,19,20). The summed E-state index contributed by atoms with van der Waals surface area (Å²) < 4.78 is 4.84. The summed E-state index contributed by atoms with van der Waals surface area (Å²) >= 11 is 5.88. The predicted molar refractivity (Wildman–Crippen MR) is 87.8 cm³/mol. The molecular formula is C17H13ClN2O2. The average Bonchev–Trinajstić information content (AvgIpc) is 2.55. The van der Waals surface area contributed by atoms with Gasteiger partial charge in [-0.2, -0.15) is 0 Å². The number of benzene rings is 2. The van der Waals surface area contributed by atoms with Gasteiger partial charge < -0.3 is 10.1 Å². The van der Waals surface area contributed by atoms with Gasteiger partial charge in [0.2, 0.25) is 0 Å². The highest BCUT2D eigenvalue weighted by Gasteiger charge is 2.15. The van der Waals surface area contributed by atoms with Gasteiger partial charge in [-0.05, 0) is 36.4 Å². The maximum atomic E-state index is 12.0. The topological polar surface area (TPSA) is 51.2 Å². The summed E-state index contributed by atoms with van der Waals surface area (Å²) in [5, 5.41) is 4.66. The molecule has 0 aliphatic rings. The molecule has 3 rings (SSSR count). The second kappa shape index (κ2) is 6.03. The molecular weight excluding hydrogens is 300 g/mol. The Kier molecular flexibility index (Phi) is 3.94. The van der Waals surface area contributed by atoms with Crippen molar-refractivity contribution in [3.63, 3.8) is 0 Å². The minimum absolute atomic E-state index is 0.385. The zero-order chi connectivity index (χ0) is 15.5. The van der Waals surface area contributed by atoms with Crippen molar-refractivity contribution in [3.8, 4) is 0 Å². The van der Waals surface area contributed by atoms with E-state index in [2.05, 4.69) is 10.3 Å². The molecule has 0 bridgehead atoms. The molecule has 0 amide bonds. The van der Waals surface area contributed by atoms with E-state index in [1.807, 2.05) is 36.4 Å². The van der Waals surface area contributed by atoms with Crippen LogP contribution in [-0.2, 0) is 4.74 Å². The number of carbonyl (C=O) groups is 1. The summed E-state index contributed by atoms with van der Waals surface area (Å²) in [5.41, 5.74) is 1.97. The molecule has 0 aliphatic heterocycles. The summed E-state index contributed by atoms with van der Waals surface area (Å²) in [6.07, 6.45) is 0. The van der Waals surface area contributed by atoms with Crippen LogP contribution in [0.25, 0.3) is 10.9 Å². The number of hydrogen-bond acceptors (Lipinski definition) is 4. The smallest absolute Gasteiger partial charge is 0.341 e. The third kappa shape index (κ3) is 2.87. The number of hydrogen-bond donors (Lipinski definition) is 1. The van der Waals surface area contributed by atoms with Crippen LogP contribution in [0, 0.1) is 0 Å². The van der Waals surface area contributed by atoms with Gasteiger partial charge in [0.05, 0.1) is 12.6 Å². The Bertz CT molecular complexity index is 832. The number of rotatable bonds is 3. The van der Waals surface area contributed by atoms with E-state index in [9.17, 15) is 4.79 Å². The van der Waals surface area contributed by atoms with Gasteiger partial charge in [0, 0.05) is 16.1 Å². The fourth-order valence-corrected chi connectivity index (χ4v) is 2.27. The molecule has 0 fully saturated rings. The number of para-hydroxylation sites is 1. The fourth-order valence-electron chi connectivity index (χ4n) is 2.15. The normalized spacial score (nSPS) is 10.5. The van der Waals surface area contributed by atoms with Gasteiger partial charge >= 0.3 is 5.97 Å². The lowest BCUT2D eigenvalue weighted by atomic mass is 10.1. The molecule has 1 aromatic heterocycles. The Morgan fingerprint density at radius 2 is 1.86 bits per heavy atom. The van der Waals surface area contributed by atoms with Gasteiger partial charge in [-0.25, -0.2) is 9.78 Å². The molecule has 0 saturated heterocycles. The molecule has 1 heterocycles. The summed E-state index contributed by atoms with van der Waals surface area (Å²) in [6.45, 7) is 0. The largest absolute Gasteiger partial charge is 0.465 e. The molecule has 5 heteroatoms. The molecule has 3 aromatic rings. The van der Waals surface area contributed by atoms with Crippen LogP contribution in [-0.4, -0.2) is 18.1 Å². The van der Waals surface area contributed by atoms with E-state index in [-0.39, 0.29) is 0 Å². The van der Waals surface area contributed by atoms with Crippen molar-refractivity contribution in [3.05, 3.63) is 65.2 Å². The fraction of sp³-hybridized carbons (Fsp3) is 0.0588. The third-order valence-electron chi connectivity index (χ3n) is 3.24. The lowest BCUT2D eigenvalue weighted by Crippen LogP contribution is -2.07. The molecule has 2 aromatic carbocycles. The Morgan fingerprint density at radius 3 is 2.59 bits per heavy atom. The number of halogens is 1. The van der Waals surface area contributed by atoms with E-state index in [1.165, 1.54) is 7.11 Å². The van der Waals surface area contributed by atoms with Crippen LogP contribution in [0.5, 0.6) is 0 Å². The van der Waals surface area contributed by atoms with Crippen molar-refractivity contribution in [1.29, 1.82) is 0 Å². The summed E-state index contributed by atoms with van der Waals surface area (Å²) in [4.78, 5) is 16.5. The third-order valence-corrected chi connectivity index (χ3v) is 3.49. The SMILES string of the molecule is COC(=O)c1cc2ccccc2nc1Nc1ccc(Cl)cc1. The number of fused-ring (bicyclic) bond motifs is 1. The number of aromatic nitrogens is 1. The molecule has 22 heavy (non-hydrogen) atoms. The van der Waals surface area contributed by atoms with E-state index in [0.29, 0.717) is 16.4 Å². The van der Waals surface area contributed by atoms with Crippen molar-refractivity contribution in [1.82, 2.24) is 4.98 Å². The van der Waals surface area contributed by atoms with E-state index in [4.69, 9.17) is 16.3 Å². The maximum absolute atomic E-state index is 12.0. The van der Waals surface area contributed by atoms with Gasteiger partial charge in [-0.1, -0.05) is 29.8 Å². The van der Waals surface area contributed by atoms with E-state index < -0.39 is 5.97 Å². The van der Waals surface area contributed by atoms with Crippen LogP contribution >= 0.6 is 11.6 Å². The number of carbonyl (C=O) groups excluding carboxylic acids is 1. The van der Waals surface area contributed by atoms with E-state index in [0.717, 1.165) is 16.6 Å². The van der Waals surface area contributed by atoms with Crippen LogP contribution in [0.3, 0.4) is 0 Å². The first kappa shape index (κ1) is 14.4. The first-order valence-corrected chi connectivity index (χ1v) is 7.06. The van der Waals surface area contributed by atoms with Gasteiger partial charge in [0.1, 0.15) is 11.4 Å². The van der Waals surface area contributed by atoms with Crippen molar-refractivity contribution in [2.24, 2.45) is 0 Å². The lowest BCUT2D eigenvalue weighted by molar-refractivity contribution is 0.0601. The number of esters is 1. The molecule has 0 atom stereocenters. The van der Waals surface area contributed by atoms with Gasteiger partial charge in [0.15, 0.2) is 0 Å². The van der Waals surface area contributed by atoms with Crippen LogP contribution in [0.4, 0.5) is 11.5 Å². The molecule has 0 saturated carbocycles. The first-order valence-electron chi connectivity index (χ1n) is 6.68. The molecule has 0 aliphatic carbocycles. The van der Waals surface area contributed by atoms with Crippen molar-refractivity contribution >= 4 is 40.0 Å². The van der Waals surface area contributed by atoms with Crippen molar-refractivity contribution in [2.75, 3.05) is 12.4 Å². The Balaban J connectivity index is 2.09. The van der Waals surface area contributed by atoms with E-state index in [1.54, 1.807) is 18.2 Å². The average molecular weight is 313 g/mol. The molecule has 1 N–H and O–H groups in total. The number of methoxy groups -OCH3 is 1. The highest BCUT2D eigenvalue weighted by Crippen LogP contribution is 2.25. The van der Waals surface area contributed by atoms with Crippen LogP contribution in [0.2, 0.25) is 5.02 Å². The quantitative estimate of drug-likeness (QED) is 0.727. The van der Waals surface area contributed by atoms with Crippen molar-refractivity contribution in [2.45, 2.75) is 0 Å². The predicted octanol–water partition coefficient (Wildman–Crippen LogP) is 4.42. The Labute approximate surface area is 132 Å². The van der Waals surface area contributed by atoms with Gasteiger partial charge in [-0.15, -0.1) is 0 Å². The molecule has 0 unspecified atom stereocenters. The summed E-state index contributed by atoms with van der Waals surface area (Å²) in [5.74, 6) is 0.0163. The number of nitrogens with one attached hydrogen (secondary N) is 1. The molecule has 0 spiro atoms. The van der Waals surface area contributed by atoms with Crippen LogP contribution in [0.1, 0.15) is 10.4 Å². The zero-order valence-electron chi connectivity index (χ0n) is 11.8. The molecule has 110 valence electrons. The zero-order valence-corrected chi connectivity index (χ0v) is 12.6. The van der Waals surface area contributed by atoms with E-state index >= 15 is 0 Å². The van der Waals surface area contributed by atoms with Gasteiger partial charge in [-0.3, -0.25) is 0 Å². The lowest BCUT2D eigenvalue weighted by Gasteiger charge is -2.11. The molecule has 4 nitrogen and oxygen atoms in total. The van der Waals surface area contributed by atoms with Crippen LogP contribution in [0.15, 0.2) is 54.6 Å². The first-order chi connectivity index (χ1) is 10.7. The van der Waals surface area contributed by atoms with Crippen LogP contribution < -0.4 is 5.32 Å². The number of anilines is 2.